The van der Waals surface area contributed by atoms with Crippen molar-refractivity contribution in [3.05, 3.63) is 54.5 Å². The highest BCUT2D eigenvalue weighted by atomic mass is 16.5. The van der Waals surface area contributed by atoms with Crippen molar-refractivity contribution in [2.75, 3.05) is 19.6 Å². The number of urea groups is 1. The first-order chi connectivity index (χ1) is 12.3. The van der Waals surface area contributed by atoms with E-state index in [0.717, 1.165) is 25.7 Å². The molecule has 0 unspecified atom stereocenters. The first-order valence-corrected chi connectivity index (χ1v) is 8.80. The number of nitrogens with one attached hydrogen (secondary N) is 1. The number of carbonyl (C=O) groups is 1. The third-order valence-electron chi connectivity index (χ3n) is 4.33. The molecule has 1 saturated heterocycles. The number of amides is 2. The minimum atomic E-state index is 0.0218. The van der Waals surface area contributed by atoms with E-state index in [1.165, 1.54) is 11.9 Å². The van der Waals surface area contributed by atoms with Crippen LogP contribution in [0.3, 0.4) is 0 Å². The molecular weight excluding hydrogens is 316 g/mol. The number of hydrogen-bond acceptors (Lipinski definition) is 4. The Morgan fingerprint density at radius 3 is 2.72 bits per heavy atom. The lowest BCUT2D eigenvalue weighted by molar-refractivity contribution is 0.107. The predicted molar refractivity (Wildman–Crippen MR) is 95.4 cm³/mol. The number of aryl methyl sites for hydroxylation is 1. The van der Waals surface area contributed by atoms with Crippen molar-refractivity contribution in [2.45, 2.75) is 31.8 Å². The summed E-state index contributed by atoms with van der Waals surface area (Å²) >= 11 is 0. The number of piperidine rings is 1. The number of nitrogens with zero attached hydrogens (tertiary/aromatic N) is 3. The quantitative estimate of drug-likeness (QED) is 0.821. The van der Waals surface area contributed by atoms with Crippen LogP contribution in [0.4, 0.5) is 4.79 Å². The maximum absolute atomic E-state index is 12.2. The molecule has 6 heteroatoms. The van der Waals surface area contributed by atoms with Gasteiger partial charge in [-0.1, -0.05) is 30.3 Å². The summed E-state index contributed by atoms with van der Waals surface area (Å²) in [5.41, 5.74) is 1.31. The van der Waals surface area contributed by atoms with Gasteiger partial charge in [-0.25, -0.2) is 14.8 Å². The summed E-state index contributed by atoms with van der Waals surface area (Å²) < 4.78 is 5.82. The molecule has 0 spiro atoms. The largest absolute Gasteiger partial charge is 0.474 e. The molecule has 132 valence electrons. The molecule has 0 atom stereocenters. The van der Waals surface area contributed by atoms with Gasteiger partial charge in [-0.2, -0.15) is 0 Å². The van der Waals surface area contributed by atoms with Crippen molar-refractivity contribution in [3.63, 3.8) is 0 Å². The molecular formula is C19H24N4O2. The summed E-state index contributed by atoms with van der Waals surface area (Å²) in [6.45, 7) is 2.12. The molecule has 1 aliphatic rings. The van der Waals surface area contributed by atoms with Gasteiger partial charge in [0.2, 0.25) is 5.88 Å². The Morgan fingerprint density at radius 2 is 2.00 bits per heavy atom. The topological polar surface area (TPSA) is 67.4 Å². The fourth-order valence-corrected chi connectivity index (χ4v) is 2.94. The molecule has 1 fully saturated rings. The van der Waals surface area contributed by atoms with Gasteiger partial charge in [-0.15, -0.1) is 0 Å². The number of benzene rings is 1. The minimum absolute atomic E-state index is 0.0218. The van der Waals surface area contributed by atoms with Crippen LogP contribution in [0.5, 0.6) is 5.88 Å². The molecule has 3 rings (SSSR count). The summed E-state index contributed by atoms with van der Waals surface area (Å²) in [4.78, 5) is 22.0. The zero-order valence-corrected chi connectivity index (χ0v) is 14.3. The molecule has 1 aliphatic heterocycles. The van der Waals surface area contributed by atoms with Crippen LogP contribution in [0.1, 0.15) is 24.8 Å². The zero-order chi connectivity index (χ0) is 17.3. The number of ether oxygens (including phenoxy) is 1. The highest BCUT2D eigenvalue weighted by Crippen LogP contribution is 2.16. The smallest absolute Gasteiger partial charge is 0.317 e. The van der Waals surface area contributed by atoms with Gasteiger partial charge in [-0.05, 0) is 18.4 Å². The third kappa shape index (κ3) is 5.45. The Balaban J connectivity index is 1.33. The van der Waals surface area contributed by atoms with Crippen molar-refractivity contribution in [1.82, 2.24) is 20.2 Å². The van der Waals surface area contributed by atoms with Crippen LogP contribution < -0.4 is 10.1 Å². The van der Waals surface area contributed by atoms with Crippen molar-refractivity contribution in [2.24, 2.45) is 0 Å². The van der Waals surface area contributed by atoms with Gasteiger partial charge < -0.3 is 15.0 Å². The molecule has 0 radical (unpaired) electrons. The molecule has 0 bridgehead atoms. The molecule has 2 aromatic rings. The SMILES string of the molecule is O=C(NCCCc1ccccc1)N1CCC(Oc2ccncn2)CC1. The van der Waals surface area contributed by atoms with E-state index in [9.17, 15) is 4.79 Å². The summed E-state index contributed by atoms with van der Waals surface area (Å²) in [6, 6.07) is 12.1. The van der Waals surface area contributed by atoms with Gasteiger partial charge in [0.25, 0.3) is 0 Å². The van der Waals surface area contributed by atoms with E-state index in [4.69, 9.17) is 4.74 Å². The van der Waals surface area contributed by atoms with Crippen LogP contribution in [0.2, 0.25) is 0 Å². The maximum Gasteiger partial charge on any atom is 0.317 e. The van der Waals surface area contributed by atoms with E-state index >= 15 is 0 Å². The second-order valence-electron chi connectivity index (χ2n) is 6.17. The number of aromatic nitrogens is 2. The molecule has 0 aliphatic carbocycles. The van der Waals surface area contributed by atoms with Gasteiger partial charge in [0.1, 0.15) is 12.4 Å². The number of rotatable bonds is 6. The average Bonchev–Trinajstić information content (AvgIpc) is 2.67. The van der Waals surface area contributed by atoms with E-state index in [2.05, 4.69) is 27.4 Å². The molecule has 2 amide bonds. The standard InChI is InChI=1S/C19H24N4O2/c24-19(21-11-4-7-16-5-2-1-3-6-16)23-13-9-17(10-14-23)25-18-8-12-20-15-22-18/h1-3,5-6,8,12,15,17H,4,7,9-11,13-14H2,(H,21,24). The van der Waals surface area contributed by atoms with Crippen molar-refractivity contribution < 1.29 is 9.53 Å². The maximum atomic E-state index is 12.2. The highest BCUT2D eigenvalue weighted by Gasteiger charge is 2.23. The molecule has 2 heterocycles. The van der Waals surface area contributed by atoms with Crippen LogP contribution in [-0.2, 0) is 6.42 Å². The van der Waals surface area contributed by atoms with E-state index in [1.54, 1.807) is 12.3 Å². The van der Waals surface area contributed by atoms with Crippen molar-refractivity contribution >= 4 is 6.03 Å². The lowest BCUT2D eigenvalue weighted by Crippen LogP contribution is -2.46. The molecule has 1 aromatic carbocycles. The molecule has 0 saturated carbocycles. The third-order valence-corrected chi connectivity index (χ3v) is 4.33. The Hall–Kier alpha value is -2.63. The Kier molecular flexibility index (Phi) is 6.20. The Bertz CT molecular complexity index is 643. The fourth-order valence-electron chi connectivity index (χ4n) is 2.94. The van der Waals surface area contributed by atoms with Gasteiger partial charge in [0, 0.05) is 44.7 Å². The first-order valence-electron chi connectivity index (χ1n) is 8.80. The van der Waals surface area contributed by atoms with E-state index in [0.29, 0.717) is 25.5 Å². The lowest BCUT2D eigenvalue weighted by atomic mass is 10.1. The van der Waals surface area contributed by atoms with Gasteiger partial charge >= 0.3 is 6.03 Å². The molecule has 1 aromatic heterocycles. The lowest BCUT2D eigenvalue weighted by Gasteiger charge is -2.31. The summed E-state index contributed by atoms with van der Waals surface area (Å²) in [5, 5.41) is 3.01. The fraction of sp³-hybridized carbons (Fsp3) is 0.421. The molecule has 6 nitrogen and oxygen atoms in total. The predicted octanol–water partition coefficient (Wildman–Crippen LogP) is 2.66. The Labute approximate surface area is 148 Å². The summed E-state index contributed by atoms with van der Waals surface area (Å²) in [6.07, 6.45) is 6.83. The van der Waals surface area contributed by atoms with Crippen LogP contribution in [0.15, 0.2) is 48.9 Å². The van der Waals surface area contributed by atoms with Crippen molar-refractivity contribution in [1.29, 1.82) is 0 Å². The van der Waals surface area contributed by atoms with Crippen molar-refractivity contribution in [3.8, 4) is 5.88 Å². The monoisotopic (exact) mass is 340 g/mol. The number of likely N-dealkylation sites (tertiary alicyclic amines) is 1. The van der Waals surface area contributed by atoms with Gasteiger partial charge in [-0.3, -0.25) is 0 Å². The van der Waals surface area contributed by atoms with Crippen LogP contribution in [0, 0.1) is 0 Å². The average molecular weight is 340 g/mol. The molecule has 1 N–H and O–H groups in total. The number of carbonyl (C=O) groups excluding carboxylic acids is 1. The summed E-state index contributed by atoms with van der Waals surface area (Å²) in [7, 11) is 0. The van der Waals surface area contributed by atoms with E-state index in [1.807, 2.05) is 23.1 Å². The Morgan fingerprint density at radius 1 is 1.20 bits per heavy atom. The van der Waals surface area contributed by atoms with Gasteiger partial charge in [0.15, 0.2) is 0 Å². The van der Waals surface area contributed by atoms with Crippen LogP contribution >= 0.6 is 0 Å². The van der Waals surface area contributed by atoms with E-state index < -0.39 is 0 Å². The van der Waals surface area contributed by atoms with Gasteiger partial charge in [0.05, 0.1) is 0 Å². The minimum Gasteiger partial charge on any atom is -0.474 e. The van der Waals surface area contributed by atoms with Crippen LogP contribution in [0.25, 0.3) is 0 Å². The zero-order valence-electron chi connectivity index (χ0n) is 14.3. The normalized spacial score (nSPS) is 15.0. The number of hydrogen-bond donors (Lipinski definition) is 1. The second-order valence-corrected chi connectivity index (χ2v) is 6.17. The van der Waals surface area contributed by atoms with Crippen LogP contribution in [-0.4, -0.2) is 46.6 Å². The molecule has 25 heavy (non-hydrogen) atoms. The highest BCUT2D eigenvalue weighted by molar-refractivity contribution is 5.74. The second kappa shape index (κ2) is 9.01. The first kappa shape index (κ1) is 17.2. The van der Waals surface area contributed by atoms with E-state index in [-0.39, 0.29) is 12.1 Å². The summed E-state index contributed by atoms with van der Waals surface area (Å²) in [5.74, 6) is 0.596.